The van der Waals surface area contributed by atoms with Gasteiger partial charge in [-0.2, -0.15) is 0 Å². The Morgan fingerprint density at radius 1 is 1.04 bits per heavy atom. The molecule has 7 heteroatoms. The van der Waals surface area contributed by atoms with E-state index in [0.29, 0.717) is 10.8 Å². The van der Waals surface area contributed by atoms with Crippen molar-refractivity contribution in [1.82, 2.24) is 5.32 Å². The Morgan fingerprint density at radius 2 is 1.79 bits per heavy atom. The Hall–Kier alpha value is -2.60. The average Bonchev–Trinajstić information content (AvgIpc) is 3.19. The molecule has 2 atom stereocenters. The van der Waals surface area contributed by atoms with E-state index in [0.717, 1.165) is 5.56 Å². The molecule has 144 valence electrons. The summed E-state index contributed by atoms with van der Waals surface area (Å²) in [6.45, 7) is 0. The number of nitrogens with one attached hydrogen (secondary N) is 1. The average molecular weight is 418 g/mol. The maximum absolute atomic E-state index is 13.1. The molecule has 0 aliphatic rings. The van der Waals surface area contributed by atoms with E-state index < -0.39 is 23.8 Å². The second kappa shape index (κ2) is 9.06. The molecule has 0 aliphatic heterocycles. The van der Waals surface area contributed by atoms with E-state index in [2.05, 4.69) is 5.32 Å². The first-order valence-corrected chi connectivity index (χ1v) is 9.26. The number of carbonyl (C=O) groups excluding carboxylic acids is 1. The highest BCUT2D eigenvalue weighted by Crippen LogP contribution is 2.27. The first-order valence-electron chi connectivity index (χ1n) is 8.51. The maximum Gasteiger partial charge on any atom is 0.321 e. The number of hydrogen-bond donors (Lipinski definition) is 2. The lowest BCUT2D eigenvalue weighted by molar-refractivity contribution is -0.139. The molecule has 0 bridgehead atoms. The lowest BCUT2D eigenvalue weighted by Gasteiger charge is -2.22. The van der Waals surface area contributed by atoms with E-state index in [-0.39, 0.29) is 17.0 Å². The van der Waals surface area contributed by atoms with Crippen LogP contribution in [0.25, 0.3) is 0 Å². The standard InChI is InChI=1S/C21H17Cl2NO4/c22-14-8-9-15(16(23)12-14)20(25)19(18-7-4-10-28-18)24-17(21(26)27)11-13-5-2-1-3-6-13/h1-10,12,17,19,24H,11H2,(H,26,27)/t17-,19?/m0/s1. The van der Waals surface area contributed by atoms with Gasteiger partial charge in [-0.05, 0) is 42.3 Å². The molecule has 3 rings (SSSR count). The van der Waals surface area contributed by atoms with Crippen molar-refractivity contribution < 1.29 is 19.1 Å². The summed E-state index contributed by atoms with van der Waals surface area (Å²) in [5, 5.41) is 13.2. The van der Waals surface area contributed by atoms with Crippen molar-refractivity contribution in [2.24, 2.45) is 0 Å². The molecule has 3 aromatic rings. The van der Waals surface area contributed by atoms with E-state index in [1.165, 1.54) is 18.4 Å². The zero-order chi connectivity index (χ0) is 20.1. The highest BCUT2D eigenvalue weighted by atomic mass is 35.5. The van der Waals surface area contributed by atoms with Gasteiger partial charge in [-0.3, -0.25) is 14.9 Å². The molecule has 0 radical (unpaired) electrons. The van der Waals surface area contributed by atoms with Gasteiger partial charge in [-0.15, -0.1) is 0 Å². The molecule has 0 spiro atoms. The maximum atomic E-state index is 13.1. The SMILES string of the molecule is O=C(c1ccc(Cl)cc1Cl)C(N[C@@H](Cc1ccccc1)C(=O)O)c1ccco1. The molecule has 1 aromatic heterocycles. The van der Waals surface area contributed by atoms with Crippen LogP contribution < -0.4 is 5.32 Å². The van der Waals surface area contributed by atoms with Gasteiger partial charge in [0.2, 0.25) is 0 Å². The van der Waals surface area contributed by atoms with E-state index in [9.17, 15) is 14.7 Å². The molecule has 0 saturated carbocycles. The molecule has 0 amide bonds. The van der Waals surface area contributed by atoms with Gasteiger partial charge in [-0.25, -0.2) is 0 Å². The molecule has 0 fully saturated rings. The van der Waals surface area contributed by atoms with Gasteiger partial charge in [0.15, 0.2) is 5.78 Å². The summed E-state index contributed by atoms with van der Waals surface area (Å²) in [5.74, 6) is -1.18. The number of furan rings is 1. The number of carboxylic acids is 1. The topological polar surface area (TPSA) is 79.5 Å². The summed E-state index contributed by atoms with van der Waals surface area (Å²) in [6.07, 6.45) is 1.63. The summed E-state index contributed by atoms with van der Waals surface area (Å²) in [4.78, 5) is 25.0. The molecular formula is C21H17Cl2NO4. The van der Waals surface area contributed by atoms with Crippen molar-refractivity contribution in [2.75, 3.05) is 0 Å². The number of halogens is 2. The van der Waals surface area contributed by atoms with E-state index in [1.54, 1.807) is 18.2 Å². The fourth-order valence-electron chi connectivity index (χ4n) is 2.86. The largest absolute Gasteiger partial charge is 0.480 e. The van der Waals surface area contributed by atoms with Crippen molar-refractivity contribution in [2.45, 2.75) is 18.5 Å². The normalized spacial score (nSPS) is 13.1. The van der Waals surface area contributed by atoms with Crippen LogP contribution in [0.3, 0.4) is 0 Å². The zero-order valence-electron chi connectivity index (χ0n) is 14.6. The second-order valence-corrected chi connectivity index (χ2v) is 7.03. The van der Waals surface area contributed by atoms with Crippen LogP contribution in [-0.4, -0.2) is 22.9 Å². The second-order valence-electron chi connectivity index (χ2n) is 6.18. The first kappa shape index (κ1) is 20.1. The summed E-state index contributed by atoms with van der Waals surface area (Å²) in [7, 11) is 0. The molecule has 1 unspecified atom stereocenters. The quantitative estimate of drug-likeness (QED) is 0.514. The summed E-state index contributed by atoms with van der Waals surface area (Å²) < 4.78 is 5.39. The highest BCUT2D eigenvalue weighted by Gasteiger charge is 2.31. The summed E-state index contributed by atoms with van der Waals surface area (Å²) in [6, 6.07) is 14.9. The first-order chi connectivity index (χ1) is 13.5. The fourth-order valence-corrected chi connectivity index (χ4v) is 3.36. The number of Topliss-reactive ketones (excluding diaryl/α,β-unsaturated/α-hetero) is 1. The van der Waals surface area contributed by atoms with Crippen LogP contribution in [-0.2, 0) is 11.2 Å². The van der Waals surface area contributed by atoms with E-state index in [4.69, 9.17) is 27.6 Å². The van der Waals surface area contributed by atoms with Crippen molar-refractivity contribution in [3.8, 4) is 0 Å². The number of rotatable bonds is 8. The van der Waals surface area contributed by atoms with Crippen LogP contribution in [0, 0.1) is 0 Å². The third-order valence-electron chi connectivity index (χ3n) is 4.24. The molecule has 2 aromatic carbocycles. The predicted octanol–water partition coefficient (Wildman–Crippen LogP) is 4.80. The van der Waals surface area contributed by atoms with Crippen molar-refractivity contribution in [3.63, 3.8) is 0 Å². The number of benzene rings is 2. The lowest BCUT2D eigenvalue weighted by Crippen LogP contribution is -2.43. The Bertz CT molecular complexity index is 958. The monoisotopic (exact) mass is 417 g/mol. The number of aliphatic carboxylic acids is 1. The summed E-state index contributed by atoms with van der Waals surface area (Å²) in [5.41, 5.74) is 1.06. The molecule has 28 heavy (non-hydrogen) atoms. The van der Waals surface area contributed by atoms with Crippen LogP contribution in [0.4, 0.5) is 0 Å². The molecule has 0 saturated heterocycles. The van der Waals surface area contributed by atoms with Crippen molar-refractivity contribution >= 4 is 35.0 Å². The van der Waals surface area contributed by atoms with Crippen LogP contribution in [0.15, 0.2) is 71.3 Å². The molecule has 2 N–H and O–H groups in total. The zero-order valence-corrected chi connectivity index (χ0v) is 16.2. The van der Waals surface area contributed by atoms with Crippen LogP contribution in [0.2, 0.25) is 10.0 Å². The Morgan fingerprint density at radius 3 is 2.39 bits per heavy atom. The van der Waals surface area contributed by atoms with Crippen LogP contribution >= 0.6 is 23.2 Å². The molecule has 5 nitrogen and oxygen atoms in total. The number of carbonyl (C=O) groups is 2. The number of hydrogen-bond acceptors (Lipinski definition) is 4. The van der Waals surface area contributed by atoms with Crippen LogP contribution in [0.1, 0.15) is 27.7 Å². The van der Waals surface area contributed by atoms with Gasteiger partial charge in [0.05, 0.1) is 11.3 Å². The smallest absolute Gasteiger partial charge is 0.321 e. The molecular weight excluding hydrogens is 401 g/mol. The van der Waals surface area contributed by atoms with Gasteiger partial charge >= 0.3 is 5.97 Å². The van der Waals surface area contributed by atoms with Crippen molar-refractivity contribution in [1.29, 1.82) is 0 Å². The van der Waals surface area contributed by atoms with E-state index >= 15 is 0 Å². The van der Waals surface area contributed by atoms with Crippen LogP contribution in [0.5, 0.6) is 0 Å². The molecule has 1 heterocycles. The third kappa shape index (κ3) is 4.81. The Balaban J connectivity index is 1.91. The van der Waals surface area contributed by atoms with Gasteiger partial charge in [0, 0.05) is 10.6 Å². The predicted molar refractivity (Wildman–Crippen MR) is 107 cm³/mol. The minimum Gasteiger partial charge on any atom is -0.480 e. The van der Waals surface area contributed by atoms with Gasteiger partial charge in [0.25, 0.3) is 0 Å². The Kier molecular flexibility index (Phi) is 6.52. The minimum atomic E-state index is -1.07. The minimum absolute atomic E-state index is 0.186. The molecule has 0 aliphatic carbocycles. The lowest BCUT2D eigenvalue weighted by atomic mass is 9.99. The third-order valence-corrected chi connectivity index (χ3v) is 4.78. The van der Waals surface area contributed by atoms with Gasteiger partial charge in [-0.1, -0.05) is 53.5 Å². The van der Waals surface area contributed by atoms with E-state index in [1.807, 2.05) is 30.3 Å². The summed E-state index contributed by atoms with van der Waals surface area (Å²) >= 11 is 12.1. The highest BCUT2D eigenvalue weighted by molar-refractivity contribution is 6.37. The van der Waals surface area contributed by atoms with Gasteiger partial charge < -0.3 is 9.52 Å². The fraction of sp³-hybridized carbons (Fsp3) is 0.143. The Labute approximate surface area is 171 Å². The number of ketones is 1. The number of carboxylic acid groups (broad SMARTS) is 1. The van der Waals surface area contributed by atoms with Gasteiger partial charge in [0.1, 0.15) is 17.8 Å². The van der Waals surface area contributed by atoms with Crippen molar-refractivity contribution in [3.05, 3.63) is 93.9 Å².